The molecule has 3 N–H and O–H groups in total. The van der Waals surface area contributed by atoms with Gasteiger partial charge in [-0.25, -0.2) is 4.79 Å². The molecule has 2 atom stereocenters. The minimum Gasteiger partial charge on any atom is -0.383 e. The number of hydrogen-bond donors (Lipinski definition) is 3. The molecule has 2 heterocycles. The number of aromatic nitrogens is 2. The molecule has 1 amide bonds. The van der Waals surface area contributed by atoms with E-state index in [2.05, 4.69) is 9.97 Å². The average molecular weight is 358 g/mol. The van der Waals surface area contributed by atoms with Crippen molar-refractivity contribution < 1.29 is 9.90 Å². The highest BCUT2D eigenvalue weighted by atomic mass is 16.3. The summed E-state index contributed by atoms with van der Waals surface area (Å²) in [5, 5.41) is 11.3. The number of likely N-dealkylation sites (tertiary alicyclic amines) is 1. The zero-order valence-corrected chi connectivity index (χ0v) is 14.7. The highest BCUT2D eigenvalue weighted by molar-refractivity contribution is 5.93. The standard InChI is InChI=1S/C18H22N4O4/c1-21(2)14-11-22(16(24)13-10-19-17(25)20-15(13)23)9-8-18(14,26)12-6-4-3-5-7-12/h3-7,10,14,26H,8-9,11H2,1-2H3,(H2,19,20,23,25)/t14-,18+/m1/s1. The minimum atomic E-state index is -1.10. The lowest BCUT2D eigenvalue weighted by molar-refractivity contribution is -0.0810. The lowest BCUT2D eigenvalue weighted by atomic mass is 9.79. The zero-order valence-electron chi connectivity index (χ0n) is 14.7. The second-order valence-electron chi connectivity index (χ2n) is 6.76. The summed E-state index contributed by atoms with van der Waals surface area (Å²) in [5.41, 5.74) is -1.79. The van der Waals surface area contributed by atoms with Gasteiger partial charge in [-0.3, -0.25) is 14.6 Å². The minimum absolute atomic E-state index is 0.118. The number of carbonyl (C=O) groups is 1. The molecule has 8 nitrogen and oxygen atoms in total. The summed E-state index contributed by atoms with van der Waals surface area (Å²) in [6.07, 6.45) is 1.47. The van der Waals surface area contributed by atoms with Crippen LogP contribution in [0.3, 0.4) is 0 Å². The molecule has 1 aromatic heterocycles. The van der Waals surface area contributed by atoms with E-state index >= 15 is 0 Å². The van der Waals surface area contributed by atoms with Crippen molar-refractivity contribution >= 4 is 5.91 Å². The van der Waals surface area contributed by atoms with Crippen LogP contribution in [-0.2, 0) is 5.60 Å². The molecule has 138 valence electrons. The van der Waals surface area contributed by atoms with E-state index in [1.165, 1.54) is 4.90 Å². The maximum atomic E-state index is 12.7. The summed E-state index contributed by atoms with van der Waals surface area (Å²) in [7, 11) is 3.69. The molecule has 0 radical (unpaired) electrons. The van der Waals surface area contributed by atoms with Crippen LogP contribution in [0, 0.1) is 0 Å². The number of rotatable bonds is 3. The van der Waals surface area contributed by atoms with Crippen LogP contribution in [-0.4, -0.2) is 64.0 Å². The third kappa shape index (κ3) is 3.21. The summed E-state index contributed by atoms with van der Waals surface area (Å²) in [4.78, 5) is 43.6. The van der Waals surface area contributed by atoms with Gasteiger partial charge in [0, 0.05) is 19.3 Å². The number of nitrogens with zero attached hydrogens (tertiary/aromatic N) is 2. The van der Waals surface area contributed by atoms with Gasteiger partial charge < -0.3 is 19.9 Å². The first-order chi connectivity index (χ1) is 12.3. The molecule has 0 bridgehead atoms. The van der Waals surface area contributed by atoms with Gasteiger partial charge >= 0.3 is 5.69 Å². The second-order valence-corrected chi connectivity index (χ2v) is 6.76. The molecule has 0 aliphatic carbocycles. The van der Waals surface area contributed by atoms with Crippen LogP contribution in [0.15, 0.2) is 46.1 Å². The average Bonchev–Trinajstić information content (AvgIpc) is 2.62. The molecule has 2 aromatic rings. The van der Waals surface area contributed by atoms with Gasteiger partial charge in [0.05, 0.1) is 6.04 Å². The maximum Gasteiger partial charge on any atom is 0.325 e. The smallest absolute Gasteiger partial charge is 0.325 e. The van der Waals surface area contributed by atoms with Crippen LogP contribution >= 0.6 is 0 Å². The Labute approximate surface area is 150 Å². The van der Waals surface area contributed by atoms with E-state index in [1.807, 2.05) is 49.3 Å². The first-order valence-corrected chi connectivity index (χ1v) is 8.38. The van der Waals surface area contributed by atoms with Crippen molar-refractivity contribution in [2.24, 2.45) is 0 Å². The fourth-order valence-electron chi connectivity index (χ4n) is 3.50. The number of benzene rings is 1. The van der Waals surface area contributed by atoms with Gasteiger partial charge in [0.1, 0.15) is 11.2 Å². The van der Waals surface area contributed by atoms with E-state index in [0.29, 0.717) is 13.0 Å². The lowest BCUT2D eigenvalue weighted by Crippen LogP contribution is -2.60. The fourth-order valence-corrected chi connectivity index (χ4v) is 3.50. The molecular weight excluding hydrogens is 336 g/mol. The van der Waals surface area contributed by atoms with Crippen molar-refractivity contribution in [1.82, 2.24) is 19.8 Å². The molecule has 0 unspecified atom stereocenters. The molecule has 1 fully saturated rings. The van der Waals surface area contributed by atoms with E-state index in [1.54, 1.807) is 0 Å². The number of nitrogens with one attached hydrogen (secondary N) is 2. The van der Waals surface area contributed by atoms with E-state index in [-0.39, 0.29) is 18.2 Å². The quantitative estimate of drug-likeness (QED) is 0.700. The second kappa shape index (κ2) is 6.89. The molecule has 1 aliphatic rings. The molecule has 3 rings (SSSR count). The normalized spacial score (nSPS) is 23.2. The third-order valence-corrected chi connectivity index (χ3v) is 4.94. The van der Waals surface area contributed by atoms with Gasteiger partial charge in [-0.15, -0.1) is 0 Å². The summed E-state index contributed by atoms with van der Waals surface area (Å²) >= 11 is 0. The van der Waals surface area contributed by atoms with Crippen molar-refractivity contribution in [1.29, 1.82) is 0 Å². The van der Waals surface area contributed by atoms with Crippen LogP contribution < -0.4 is 11.2 Å². The van der Waals surface area contributed by atoms with Gasteiger partial charge in [0.15, 0.2) is 0 Å². The van der Waals surface area contributed by atoms with E-state index in [9.17, 15) is 19.5 Å². The Balaban J connectivity index is 1.89. The summed E-state index contributed by atoms with van der Waals surface area (Å²) in [6.45, 7) is 0.558. The molecule has 0 spiro atoms. The predicted molar refractivity (Wildman–Crippen MR) is 96.0 cm³/mol. The van der Waals surface area contributed by atoms with E-state index < -0.39 is 22.8 Å². The number of H-pyrrole nitrogens is 2. The Hall–Kier alpha value is -2.71. The van der Waals surface area contributed by atoms with Crippen LogP contribution in [0.5, 0.6) is 0 Å². The molecular formula is C18H22N4O4. The van der Waals surface area contributed by atoms with Gasteiger partial charge in [0.2, 0.25) is 0 Å². The Morgan fingerprint density at radius 2 is 1.96 bits per heavy atom. The number of hydrogen-bond acceptors (Lipinski definition) is 5. The topological polar surface area (TPSA) is 110 Å². The molecule has 1 saturated heterocycles. The number of aromatic amines is 2. The van der Waals surface area contributed by atoms with Crippen molar-refractivity contribution in [3.63, 3.8) is 0 Å². The van der Waals surface area contributed by atoms with Crippen LogP contribution in [0.2, 0.25) is 0 Å². The third-order valence-electron chi connectivity index (χ3n) is 4.94. The first-order valence-electron chi connectivity index (χ1n) is 8.38. The zero-order chi connectivity index (χ0) is 18.9. The van der Waals surface area contributed by atoms with Gasteiger partial charge in [-0.1, -0.05) is 30.3 Å². The van der Waals surface area contributed by atoms with Crippen molar-refractivity contribution in [2.75, 3.05) is 27.2 Å². The van der Waals surface area contributed by atoms with Crippen LogP contribution in [0.25, 0.3) is 0 Å². The van der Waals surface area contributed by atoms with Crippen LogP contribution in [0.1, 0.15) is 22.3 Å². The number of likely N-dealkylation sites (N-methyl/N-ethyl adjacent to an activating group) is 1. The number of aliphatic hydroxyl groups is 1. The summed E-state index contributed by atoms with van der Waals surface area (Å²) in [6, 6.07) is 9.04. The number of amides is 1. The largest absolute Gasteiger partial charge is 0.383 e. The fraction of sp³-hybridized carbons (Fsp3) is 0.389. The Kier molecular flexibility index (Phi) is 4.80. The van der Waals surface area contributed by atoms with Gasteiger partial charge in [-0.2, -0.15) is 0 Å². The summed E-state index contributed by atoms with van der Waals surface area (Å²) in [5.74, 6) is -0.468. The number of piperidine rings is 1. The molecule has 1 aliphatic heterocycles. The first kappa shape index (κ1) is 18.1. The van der Waals surface area contributed by atoms with Crippen molar-refractivity contribution in [3.05, 3.63) is 68.5 Å². The Morgan fingerprint density at radius 3 is 2.58 bits per heavy atom. The monoisotopic (exact) mass is 358 g/mol. The van der Waals surface area contributed by atoms with Crippen LogP contribution in [0.4, 0.5) is 0 Å². The molecule has 1 aromatic carbocycles. The SMILES string of the molecule is CN(C)[C@@H]1CN(C(=O)c2c[nH]c(=O)[nH]c2=O)CC[C@]1(O)c1ccccc1. The van der Waals surface area contributed by atoms with Gasteiger partial charge in [0.25, 0.3) is 11.5 Å². The Morgan fingerprint density at radius 1 is 1.27 bits per heavy atom. The van der Waals surface area contributed by atoms with E-state index in [4.69, 9.17) is 0 Å². The molecule has 26 heavy (non-hydrogen) atoms. The van der Waals surface area contributed by atoms with Crippen molar-refractivity contribution in [2.45, 2.75) is 18.1 Å². The highest BCUT2D eigenvalue weighted by Gasteiger charge is 2.45. The predicted octanol–water partition coefficient (Wildman–Crippen LogP) is -0.273. The molecule has 0 saturated carbocycles. The van der Waals surface area contributed by atoms with Crippen molar-refractivity contribution in [3.8, 4) is 0 Å². The van der Waals surface area contributed by atoms with Gasteiger partial charge in [-0.05, 0) is 26.1 Å². The maximum absolute atomic E-state index is 12.7. The molecule has 8 heteroatoms. The van der Waals surface area contributed by atoms with E-state index in [0.717, 1.165) is 11.8 Å². The highest BCUT2D eigenvalue weighted by Crippen LogP contribution is 2.35. The Bertz CT molecular complexity index is 905. The summed E-state index contributed by atoms with van der Waals surface area (Å²) < 4.78 is 0. The number of carbonyl (C=O) groups excluding carboxylic acids is 1. The lowest BCUT2D eigenvalue weighted by Gasteiger charge is -2.47.